The third kappa shape index (κ3) is 5.23. The van der Waals surface area contributed by atoms with Gasteiger partial charge in [-0.05, 0) is 32.0 Å². The van der Waals surface area contributed by atoms with Crippen LogP contribution in [0.2, 0.25) is 0 Å². The lowest BCUT2D eigenvalue weighted by molar-refractivity contribution is 0.298. The van der Waals surface area contributed by atoms with E-state index in [9.17, 15) is 0 Å². The predicted octanol–water partition coefficient (Wildman–Crippen LogP) is 3.16. The molecule has 0 saturated heterocycles. The smallest absolute Gasteiger partial charge is 0.119 e. The first kappa shape index (κ1) is 15.6. The molecule has 1 heterocycles. The fourth-order valence-corrected chi connectivity index (χ4v) is 2.18. The summed E-state index contributed by atoms with van der Waals surface area (Å²) in [6.45, 7) is 7.81. The van der Waals surface area contributed by atoms with Crippen molar-refractivity contribution in [3.63, 3.8) is 0 Å². The maximum absolute atomic E-state index is 5.69. The van der Waals surface area contributed by atoms with Gasteiger partial charge in [0.15, 0.2) is 0 Å². The first-order valence-electron chi connectivity index (χ1n) is 7.71. The van der Waals surface area contributed by atoms with Gasteiger partial charge in [0.05, 0.1) is 12.3 Å². The van der Waals surface area contributed by atoms with Gasteiger partial charge in [0, 0.05) is 31.3 Å². The van der Waals surface area contributed by atoms with Crippen LogP contribution in [0.4, 0.5) is 0 Å². The second kappa shape index (κ2) is 8.47. The van der Waals surface area contributed by atoms with Gasteiger partial charge in [0.2, 0.25) is 0 Å². The molecule has 0 atom stereocenters. The third-order valence-electron chi connectivity index (χ3n) is 3.33. The molecule has 0 spiro atoms. The van der Waals surface area contributed by atoms with Crippen molar-refractivity contribution in [2.75, 3.05) is 13.2 Å². The van der Waals surface area contributed by atoms with E-state index in [1.807, 2.05) is 35.0 Å². The maximum Gasteiger partial charge on any atom is 0.119 e. The number of rotatable bonds is 9. The molecule has 1 aromatic carbocycles. The van der Waals surface area contributed by atoms with E-state index in [1.165, 1.54) is 5.56 Å². The Bertz CT molecular complexity index is 522. The zero-order valence-electron chi connectivity index (χ0n) is 13.0. The summed E-state index contributed by atoms with van der Waals surface area (Å²) in [5.41, 5.74) is 2.40. The molecule has 1 aromatic heterocycles. The predicted molar refractivity (Wildman–Crippen MR) is 85.5 cm³/mol. The van der Waals surface area contributed by atoms with Crippen molar-refractivity contribution < 1.29 is 4.74 Å². The van der Waals surface area contributed by atoms with Crippen molar-refractivity contribution in [1.82, 2.24) is 15.1 Å². The first-order chi connectivity index (χ1) is 10.3. The van der Waals surface area contributed by atoms with Crippen LogP contribution in [0.5, 0.6) is 5.75 Å². The molecule has 21 heavy (non-hydrogen) atoms. The Morgan fingerprint density at radius 2 is 2.05 bits per heavy atom. The van der Waals surface area contributed by atoms with E-state index < -0.39 is 0 Å². The van der Waals surface area contributed by atoms with E-state index in [-0.39, 0.29) is 0 Å². The number of nitrogens with zero attached hydrogens (tertiary/aromatic N) is 2. The molecule has 0 aliphatic heterocycles. The van der Waals surface area contributed by atoms with Crippen LogP contribution in [-0.2, 0) is 13.1 Å². The minimum absolute atomic E-state index is 0.715. The molecular weight excluding hydrogens is 262 g/mol. The van der Waals surface area contributed by atoms with E-state index >= 15 is 0 Å². The highest BCUT2D eigenvalue weighted by Gasteiger charge is 2.04. The summed E-state index contributed by atoms with van der Waals surface area (Å²) in [5.74, 6) is 0.929. The van der Waals surface area contributed by atoms with Crippen LogP contribution in [-0.4, -0.2) is 22.9 Å². The van der Waals surface area contributed by atoms with Crippen LogP contribution in [0, 0.1) is 6.92 Å². The molecule has 2 rings (SSSR count). The molecule has 1 N–H and O–H groups in total. The number of hydrogen-bond donors (Lipinski definition) is 1. The molecule has 114 valence electrons. The Labute approximate surface area is 127 Å². The van der Waals surface area contributed by atoms with Crippen molar-refractivity contribution in [1.29, 1.82) is 0 Å². The summed E-state index contributed by atoms with van der Waals surface area (Å²) in [7, 11) is 0. The topological polar surface area (TPSA) is 39.1 Å². The van der Waals surface area contributed by atoms with E-state index in [2.05, 4.69) is 30.5 Å². The number of para-hydroxylation sites is 1. The van der Waals surface area contributed by atoms with Crippen LogP contribution in [0.1, 0.15) is 31.0 Å². The van der Waals surface area contributed by atoms with E-state index in [0.717, 1.165) is 43.9 Å². The van der Waals surface area contributed by atoms with E-state index in [1.54, 1.807) is 0 Å². The van der Waals surface area contributed by atoms with Crippen molar-refractivity contribution in [3.8, 4) is 5.75 Å². The third-order valence-corrected chi connectivity index (χ3v) is 3.33. The lowest BCUT2D eigenvalue weighted by Crippen LogP contribution is -2.13. The zero-order chi connectivity index (χ0) is 14.9. The number of hydrogen-bond acceptors (Lipinski definition) is 3. The number of benzene rings is 1. The first-order valence-corrected chi connectivity index (χ1v) is 7.71. The van der Waals surface area contributed by atoms with Gasteiger partial charge in [-0.25, -0.2) is 0 Å². The molecular formula is C17H25N3O. The van der Waals surface area contributed by atoms with Crippen molar-refractivity contribution in [2.24, 2.45) is 0 Å². The molecule has 0 saturated carbocycles. The Hall–Kier alpha value is -1.81. The second-order valence-corrected chi connectivity index (χ2v) is 5.19. The summed E-state index contributed by atoms with van der Waals surface area (Å²) in [5, 5.41) is 7.97. The van der Waals surface area contributed by atoms with Gasteiger partial charge >= 0.3 is 0 Å². The highest BCUT2D eigenvalue weighted by Crippen LogP contribution is 2.09. The van der Waals surface area contributed by atoms with Crippen LogP contribution in [0.25, 0.3) is 0 Å². The van der Waals surface area contributed by atoms with Crippen LogP contribution < -0.4 is 10.1 Å². The lowest BCUT2D eigenvalue weighted by Gasteiger charge is -2.05. The average Bonchev–Trinajstić information content (AvgIpc) is 2.85. The quantitative estimate of drug-likeness (QED) is 0.720. The van der Waals surface area contributed by atoms with Crippen molar-refractivity contribution in [3.05, 3.63) is 47.8 Å². The molecule has 2 aromatic rings. The Morgan fingerprint density at radius 3 is 2.81 bits per heavy atom. The minimum Gasteiger partial charge on any atom is -0.494 e. The monoisotopic (exact) mass is 287 g/mol. The SMILES string of the molecule is CCCNCc1cn(CCCOc2ccccc2)nc1C. The van der Waals surface area contributed by atoms with E-state index in [4.69, 9.17) is 4.74 Å². The summed E-state index contributed by atoms with van der Waals surface area (Å²) in [6.07, 6.45) is 4.25. The molecule has 0 fully saturated rings. The molecule has 4 heteroatoms. The van der Waals surface area contributed by atoms with Gasteiger partial charge in [0.1, 0.15) is 5.75 Å². The molecule has 0 unspecified atom stereocenters. The number of nitrogens with one attached hydrogen (secondary N) is 1. The lowest BCUT2D eigenvalue weighted by atomic mass is 10.2. The van der Waals surface area contributed by atoms with E-state index in [0.29, 0.717) is 6.61 Å². The summed E-state index contributed by atoms with van der Waals surface area (Å²) < 4.78 is 7.71. The van der Waals surface area contributed by atoms with Gasteiger partial charge in [-0.15, -0.1) is 0 Å². The van der Waals surface area contributed by atoms with Gasteiger partial charge in [-0.1, -0.05) is 25.1 Å². The highest BCUT2D eigenvalue weighted by molar-refractivity contribution is 5.20. The summed E-state index contributed by atoms with van der Waals surface area (Å²) >= 11 is 0. The normalized spacial score (nSPS) is 10.8. The largest absolute Gasteiger partial charge is 0.494 e. The molecule has 0 amide bonds. The molecule has 0 aliphatic carbocycles. The highest BCUT2D eigenvalue weighted by atomic mass is 16.5. The fourth-order valence-electron chi connectivity index (χ4n) is 2.18. The summed E-state index contributed by atoms with van der Waals surface area (Å²) in [4.78, 5) is 0. The van der Waals surface area contributed by atoms with Gasteiger partial charge in [-0.2, -0.15) is 5.10 Å². The Morgan fingerprint density at radius 1 is 1.24 bits per heavy atom. The Balaban J connectivity index is 1.72. The maximum atomic E-state index is 5.69. The number of aryl methyl sites for hydroxylation is 2. The van der Waals surface area contributed by atoms with Gasteiger partial charge in [0.25, 0.3) is 0 Å². The molecule has 0 radical (unpaired) electrons. The standard InChI is InChI=1S/C17H25N3O/c1-3-10-18-13-16-14-20(19-15(16)2)11-7-12-21-17-8-5-4-6-9-17/h4-6,8-9,14,18H,3,7,10-13H2,1-2H3. The second-order valence-electron chi connectivity index (χ2n) is 5.19. The summed E-state index contributed by atoms with van der Waals surface area (Å²) in [6, 6.07) is 9.93. The van der Waals surface area contributed by atoms with Crippen LogP contribution in [0.15, 0.2) is 36.5 Å². The fraction of sp³-hybridized carbons (Fsp3) is 0.471. The minimum atomic E-state index is 0.715. The molecule has 4 nitrogen and oxygen atoms in total. The van der Waals surface area contributed by atoms with Gasteiger partial charge in [-0.3, -0.25) is 4.68 Å². The number of aromatic nitrogens is 2. The van der Waals surface area contributed by atoms with Crippen LogP contribution >= 0.6 is 0 Å². The zero-order valence-corrected chi connectivity index (χ0v) is 13.0. The average molecular weight is 287 g/mol. The molecule has 0 aliphatic rings. The van der Waals surface area contributed by atoms with Crippen molar-refractivity contribution >= 4 is 0 Å². The Kier molecular flexibility index (Phi) is 6.28. The van der Waals surface area contributed by atoms with Crippen LogP contribution in [0.3, 0.4) is 0 Å². The van der Waals surface area contributed by atoms with Gasteiger partial charge < -0.3 is 10.1 Å². The molecule has 0 bridgehead atoms. The van der Waals surface area contributed by atoms with Crippen molar-refractivity contribution in [2.45, 2.75) is 39.8 Å². The number of ether oxygens (including phenoxy) is 1.